The Balaban J connectivity index is 3.29. The number of halogens is 3. The Bertz CT molecular complexity index is 486. The van der Waals surface area contributed by atoms with Gasteiger partial charge in [0.25, 0.3) is 0 Å². The van der Waals surface area contributed by atoms with Crippen LogP contribution in [0.5, 0.6) is 0 Å². The van der Waals surface area contributed by atoms with Crippen LogP contribution in [-0.2, 0) is 15.7 Å². The first-order valence-electron chi connectivity index (χ1n) is 4.70. The van der Waals surface area contributed by atoms with E-state index in [1.807, 2.05) is 0 Å². The van der Waals surface area contributed by atoms with Crippen molar-refractivity contribution in [1.29, 1.82) is 0 Å². The number of amides is 1. The lowest BCUT2D eigenvalue weighted by atomic mass is 10.2. The lowest BCUT2D eigenvalue weighted by Gasteiger charge is -2.11. The number of nitrogens with one attached hydrogen (secondary N) is 1. The number of aromatic nitrogens is 1. The standard InChI is InChI=1S/C10H9F3N2O3/c1-5(16)14-8-6(9(17)18-2)3-4-7(15-8)10(11,12)13/h3-4H,1-2H3,(H,14,15,16). The number of pyridine rings is 1. The van der Waals surface area contributed by atoms with Crippen LogP contribution in [0.4, 0.5) is 19.0 Å². The summed E-state index contributed by atoms with van der Waals surface area (Å²) in [5.41, 5.74) is -1.46. The number of anilines is 1. The molecule has 0 aliphatic carbocycles. The number of hydrogen-bond donors (Lipinski definition) is 1. The third kappa shape index (κ3) is 3.19. The van der Waals surface area contributed by atoms with Gasteiger partial charge in [-0.05, 0) is 12.1 Å². The molecule has 0 fully saturated rings. The molecule has 1 N–H and O–H groups in total. The SMILES string of the molecule is COC(=O)c1ccc(C(F)(F)F)nc1NC(C)=O. The number of esters is 1. The van der Waals surface area contributed by atoms with Crippen molar-refractivity contribution in [3.63, 3.8) is 0 Å². The summed E-state index contributed by atoms with van der Waals surface area (Å²) in [6.45, 7) is 1.09. The van der Waals surface area contributed by atoms with Crippen molar-refractivity contribution in [2.75, 3.05) is 12.4 Å². The molecule has 1 heterocycles. The van der Waals surface area contributed by atoms with Gasteiger partial charge in [0.1, 0.15) is 17.1 Å². The molecular weight excluding hydrogens is 253 g/mol. The Hall–Kier alpha value is -2.12. The Morgan fingerprint density at radius 2 is 1.94 bits per heavy atom. The van der Waals surface area contributed by atoms with Gasteiger partial charge in [-0.3, -0.25) is 4.79 Å². The van der Waals surface area contributed by atoms with Crippen LogP contribution in [0, 0.1) is 0 Å². The molecule has 8 heteroatoms. The molecule has 1 aromatic rings. The van der Waals surface area contributed by atoms with Crippen LogP contribution in [-0.4, -0.2) is 24.0 Å². The fraction of sp³-hybridized carbons (Fsp3) is 0.300. The second kappa shape index (κ2) is 5.03. The fourth-order valence-corrected chi connectivity index (χ4v) is 1.15. The number of alkyl halides is 3. The smallest absolute Gasteiger partial charge is 0.433 e. The molecule has 0 aromatic carbocycles. The van der Waals surface area contributed by atoms with E-state index in [9.17, 15) is 22.8 Å². The molecule has 0 saturated heterocycles. The van der Waals surface area contributed by atoms with Crippen molar-refractivity contribution in [2.45, 2.75) is 13.1 Å². The first-order valence-corrected chi connectivity index (χ1v) is 4.70. The highest BCUT2D eigenvalue weighted by molar-refractivity contribution is 5.99. The number of hydrogen-bond acceptors (Lipinski definition) is 4. The maximum Gasteiger partial charge on any atom is 0.433 e. The Labute approximate surface area is 100.0 Å². The summed E-state index contributed by atoms with van der Waals surface area (Å²) in [5, 5.41) is 2.05. The van der Waals surface area contributed by atoms with Crippen molar-refractivity contribution in [3.05, 3.63) is 23.4 Å². The van der Waals surface area contributed by atoms with E-state index in [1.54, 1.807) is 0 Å². The summed E-state index contributed by atoms with van der Waals surface area (Å²) >= 11 is 0. The second-order valence-corrected chi connectivity index (χ2v) is 3.26. The van der Waals surface area contributed by atoms with E-state index in [1.165, 1.54) is 0 Å². The molecule has 0 aliphatic heterocycles. The van der Waals surface area contributed by atoms with E-state index >= 15 is 0 Å². The second-order valence-electron chi connectivity index (χ2n) is 3.26. The fourth-order valence-electron chi connectivity index (χ4n) is 1.15. The largest absolute Gasteiger partial charge is 0.465 e. The van der Waals surface area contributed by atoms with Crippen LogP contribution in [0.3, 0.4) is 0 Å². The zero-order valence-electron chi connectivity index (χ0n) is 9.46. The normalized spacial score (nSPS) is 10.9. The maximum absolute atomic E-state index is 12.4. The Morgan fingerprint density at radius 1 is 1.33 bits per heavy atom. The highest BCUT2D eigenvalue weighted by Gasteiger charge is 2.33. The molecule has 18 heavy (non-hydrogen) atoms. The molecule has 0 unspecified atom stereocenters. The quantitative estimate of drug-likeness (QED) is 0.826. The lowest BCUT2D eigenvalue weighted by molar-refractivity contribution is -0.141. The van der Waals surface area contributed by atoms with E-state index in [-0.39, 0.29) is 5.56 Å². The predicted octanol–water partition coefficient (Wildman–Crippen LogP) is 1.85. The monoisotopic (exact) mass is 262 g/mol. The number of ether oxygens (including phenoxy) is 1. The highest BCUT2D eigenvalue weighted by Crippen LogP contribution is 2.29. The predicted molar refractivity (Wildman–Crippen MR) is 54.9 cm³/mol. The van der Waals surface area contributed by atoms with Crippen LogP contribution in [0.1, 0.15) is 23.0 Å². The van der Waals surface area contributed by atoms with Crippen LogP contribution in [0.25, 0.3) is 0 Å². The summed E-state index contributed by atoms with van der Waals surface area (Å²) in [5.74, 6) is -2.02. The van der Waals surface area contributed by atoms with Crippen LogP contribution in [0.15, 0.2) is 12.1 Å². The van der Waals surface area contributed by atoms with Crippen molar-refractivity contribution >= 4 is 17.7 Å². The van der Waals surface area contributed by atoms with Crippen LogP contribution >= 0.6 is 0 Å². The molecule has 0 saturated carbocycles. The molecular formula is C10H9F3N2O3. The van der Waals surface area contributed by atoms with Gasteiger partial charge < -0.3 is 10.1 Å². The summed E-state index contributed by atoms with van der Waals surface area (Å²) in [7, 11) is 1.07. The summed E-state index contributed by atoms with van der Waals surface area (Å²) in [6, 6.07) is 1.53. The van der Waals surface area contributed by atoms with Crippen LogP contribution < -0.4 is 5.32 Å². The first kappa shape index (κ1) is 13.9. The minimum Gasteiger partial charge on any atom is -0.465 e. The first-order chi connectivity index (χ1) is 8.25. The van der Waals surface area contributed by atoms with Gasteiger partial charge in [0.2, 0.25) is 5.91 Å². The number of carbonyl (C=O) groups is 2. The van der Waals surface area contributed by atoms with E-state index in [4.69, 9.17) is 0 Å². The molecule has 0 bridgehead atoms. The topological polar surface area (TPSA) is 68.3 Å². The van der Waals surface area contributed by atoms with Crippen molar-refractivity contribution in [3.8, 4) is 0 Å². The molecule has 5 nitrogen and oxygen atoms in total. The van der Waals surface area contributed by atoms with Gasteiger partial charge in [0.15, 0.2) is 0 Å². The molecule has 0 aliphatic rings. The molecule has 1 rings (SSSR count). The summed E-state index contributed by atoms with van der Waals surface area (Å²) in [6.07, 6.45) is -4.66. The zero-order valence-corrected chi connectivity index (χ0v) is 9.46. The maximum atomic E-state index is 12.4. The average Bonchev–Trinajstić information content (AvgIpc) is 2.26. The third-order valence-corrected chi connectivity index (χ3v) is 1.89. The van der Waals surface area contributed by atoms with Gasteiger partial charge in [-0.25, -0.2) is 9.78 Å². The minimum absolute atomic E-state index is 0.249. The Kier molecular flexibility index (Phi) is 3.89. The summed E-state index contributed by atoms with van der Waals surface area (Å²) < 4.78 is 41.7. The van der Waals surface area contributed by atoms with Gasteiger partial charge in [-0.15, -0.1) is 0 Å². The van der Waals surface area contributed by atoms with Gasteiger partial charge in [0.05, 0.1) is 7.11 Å². The van der Waals surface area contributed by atoms with E-state index in [0.29, 0.717) is 6.07 Å². The van der Waals surface area contributed by atoms with Crippen molar-refractivity contribution < 1.29 is 27.5 Å². The van der Waals surface area contributed by atoms with Crippen LogP contribution in [0.2, 0.25) is 0 Å². The zero-order chi connectivity index (χ0) is 13.9. The molecule has 1 aromatic heterocycles. The third-order valence-electron chi connectivity index (χ3n) is 1.89. The van der Waals surface area contributed by atoms with Crippen molar-refractivity contribution in [2.24, 2.45) is 0 Å². The molecule has 0 radical (unpaired) electrons. The highest BCUT2D eigenvalue weighted by atomic mass is 19.4. The number of carbonyl (C=O) groups excluding carboxylic acids is 2. The minimum atomic E-state index is -4.66. The molecule has 0 spiro atoms. The van der Waals surface area contributed by atoms with E-state index in [2.05, 4.69) is 15.0 Å². The number of methoxy groups -OCH3 is 1. The van der Waals surface area contributed by atoms with Crippen molar-refractivity contribution in [1.82, 2.24) is 4.98 Å². The number of rotatable bonds is 2. The number of nitrogens with zero attached hydrogens (tertiary/aromatic N) is 1. The Morgan fingerprint density at radius 3 is 2.39 bits per heavy atom. The lowest BCUT2D eigenvalue weighted by Crippen LogP contribution is -2.17. The van der Waals surface area contributed by atoms with Gasteiger partial charge in [0, 0.05) is 6.92 Å². The summed E-state index contributed by atoms with van der Waals surface area (Å²) in [4.78, 5) is 25.3. The molecule has 1 amide bonds. The van der Waals surface area contributed by atoms with E-state index < -0.39 is 29.6 Å². The average molecular weight is 262 g/mol. The molecule has 0 atom stereocenters. The molecule has 98 valence electrons. The van der Waals surface area contributed by atoms with Gasteiger partial charge in [-0.2, -0.15) is 13.2 Å². The van der Waals surface area contributed by atoms with E-state index in [0.717, 1.165) is 20.1 Å². The van der Waals surface area contributed by atoms with Gasteiger partial charge >= 0.3 is 12.1 Å². The van der Waals surface area contributed by atoms with Gasteiger partial charge in [-0.1, -0.05) is 0 Å².